The zero-order valence-corrected chi connectivity index (χ0v) is 12.8. The highest BCUT2D eigenvalue weighted by Gasteiger charge is 2.57. The van der Waals surface area contributed by atoms with Gasteiger partial charge in [0.05, 0.1) is 5.41 Å². The number of rotatable bonds is 3. The standard InChI is InChI=1S/C13H14N2O4S2/c14-6-10-3-4-11(20-10)21(18,19)15-7-9-2-1-5-13(9,8-15)12(16)17/h3-4,9H,1-2,5,7-8H2,(H,16,17)/t9-,13+/m0/s1. The molecule has 3 rings (SSSR count). The summed E-state index contributed by atoms with van der Waals surface area (Å²) in [6.07, 6.45) is 2.13. The predicted octanol–water partition coefficient (Wildman–Crippen LogP) is 1.50. The van der Waals surface area contributed by atoms with Gasteiger partial charge in [-0.1, -0.05) is 6.42 Å². The van der Waals surface area contributed by atoms with Gasteiger partial charge in [0.2, 0.25) is 0 Å². The van der Waals surface area contributed by atoms with Gasteiger partial charge in [-0.3, -0.25) is 4.79 Å². The second-order valence-electron chi connectivity index (χ2n) is 5.58. The minimum Gasteiger partial charge on any atom is -0.481 e. The van der Waals surface area contributed by atoms with Crippen LogP contribution in [0.2, 0.25) is 0 Å². The Bertz CT molecular complexity index is 734. The molecule has 6 nitrogen and oxygen atoms in total. The Labute approximate surface area is 126 Å². The van der Waals surface area contributed by atoms with Gasteiger partial charge in [-0.15, -0.1) is 11.3 Å². The Morgan fingerprint density at radius 1 is 1.52 bits per heavy atom. The molecule has 1 saturated heterocycles. The van der Waals surface area contributed by atoms with Gasteiger partial charge in [0.1, 0.15) is 15.2 Å². The van der Waals surface area contributed by atoms with Crippen molar-refractivity contribution in [3.8, 4) is 6.07 Å². The van der Waals surface area contributed by atoms with E-state index in [9.17, 15) is 18.3 Å². The lowest BCUT2D eigenvalue weighted by molar-refractivity contribution is -0.149. The number of fused-ring (bicyclic) bond motifs is 1. The molecule has 0 spiro atoms. The summed E-state index contributed by atoms with van der Waals surface area (Å²) < 4.78 is 26.6. The van der Waals surface area contributed by atoms with Crippen LogP contribution in [-0.2, 0) is 14.8 Å². The zero-order valence-electron chi connectivity index (χ0n) is 11.2. The van der Waals surface area contributed by atoms with E-state index in [0.717, 1.165) is 24.2 Å². The number of nitriles is 1. The molecule has 0 amide bonds. The number of sulfonamides is 1. The summed E-state index contributed by atoms with van der Waals surface area (Å²) in [4.78, 5) is 11.9. The molecule has 1 saturated carbocycles. The molecule has 1 aliphatic carbocycles. The number of thiophene rings is 1. The van der Waals surface area contributed by atoms with Crippen molar-refractivity contribution in [3.63, 3.8) is 0 Å². The van der Waals surface area contributed by atoms with Gasteiger partial charge in [-0.25, -0.2) is 8.42 Å². The predicted molar refractivity (Wildman–Crippen MR) is 75.2 cm³/mol. The molecular weight excluding hydrogens is 312 g/mol. The van der Waals surface area contributed by atoms with E-state index in [1.807, 2.05) is 6.07 Å². The maximum Gasteiger partial charge on any atom is 0.311 e. The van der Waals surface area contributed by atoms with Crippen LogP contribution < -0.4 is 0 Å². The van der Waals surface area contributed by atoms with E-state index in [-0.39, 0.29) is 23.2 Å². The van der Waals surface area contributed by atoms with Crippen LogP contribution in [0.15, 0.2) is 16.3 Å². The van der Waals surface area contributed by atoms with Crippen molar-refractivity contribution < 1.29 is 18.3 Å². The molecule has 21 heavy (non-hydrogen) atoms. The topological polar surface area (TPSA) is 98.5 Å². The molecule has 1 aromatic rings. The van der Waals surface area contributed by atoms with Gasteiger partial charge >= 0.3 is 5.97 Å². The average molecular weight is 326 g/mol. The van der Waals surface area contributed by atoms with Gasteiger partial charge in [0.25, 0.3) is 10.0 Å². The van der Waals surface area contributed by atoms with Crippen molar-refractivity contribution in [3.05, 3.63) is 17.0 Å². The Balaban J connectivity index is 1.92. The average Bonchev–Trinajstić information content (AvgIpc) is 3.12. The molecule has 2 heterocycles. The number of hydrogen-bond acceptors (Lipinski definition) is 5. The number of hydrogen-bond donors (Lipinski definition) is 1. The third-order valence-electron chi connectivity index (χ3n) is 4.55. The molecule has 1 aromatic heterocycles. The SMILES string of the molecule is N#Cc1ccc(S(=O)(=O)N2C[C@@H]3CCC[C@@]3(C(=O)O)C2)s1. The summed E-state index contributed by atoms with van der Waals surface area (Å²) >= 11 is 0.924. The lowest BCUT2D eigenvalue weighted by Gasteiger charge is -2.23. The van der Waals surface area contributed by atoms with Gasteiger partial charge < -0.3 is 5.11 Å². The molecule has 0 aromatic carbocycles. The Hall–Kier alpha value is -1.43. The fraction of sp³-hybridized carbons (Fsp3) is 0.538. The summed E-state index contributed by atoms with van der Waals surface area (Å²) in [7, 11) is -3.70. The number of carboxylic acid groups (broad SMARTS) is 1. The van der Waals surface area contributed by atoms with E-state index in [2.05, 4.69) is 0 Å². The smallest absolute Gasteiger partial charge is 0.311 e. The monoisotopic (exact) mass is 326 g/mol. The summed E-state index contributed by atoms with van der Waals surface area (Å²) in [5.41, 5.74) is -0.928. The maximum atomic E-state index is 12.6. The van der Waals surface area contributed by atoms with E-state index in [4.69, 9.17) is 5.26 Å². The normalized spacial score (nSPS) is 29.2. The lowest BCUT2D eigenvalue weighted by Crippen LogP contribution is -2.37. The largest absolute Gasteiger partial charge is 0.481 e. The minimum absolute atomic E-state index is 0.0368. The Kier molecular flexibility index (Phi) is 3.31. The van der Waals surface area contributed by atoms with Crippen LogP contribution in [0.4, 0.5) is 0 Å². The summed E-state index contributed by atoms with van der Waals surface area (Å²) in [6, 6.07) is 4.81. The van der Waals surface area contributed by atoms with E-state index < -0.39 is 21.4 Å². The van der Waals surface area contributed by atoms with Crippen molar-refractivity contribution in [2.75, 3.05) is 13.1 Å². The van der Waals surface area contributed by atoms with Crippen LogP contribution in [0, 0.1) is 22.7 Å². The fourth-order valence-electron chi connectivity index (χ4n) is 3.42. The quantitative estimate of drug-likeness (QED) is 0.907. The lowest BCUT2D eigenvalue weighted by atomic mass is 9.81. The molecular formula is C13H14N2O4S2. The first-order valence-corrected chi connectivity index (χ1v) is 8.89. The Morgan fingerprint density at radius 2 is 2.29 bits per heavy atom. The zero-order chi connectivity index (χ0) is 15.3. The van der Waals surface area contributed by atoms with E-state index in [1.54, 1.807) is 0 Å². The molecule has 1 N–H and O–H groups in total. The minimum atomic E-state index is -3.70. The van der Waals surface area contributed by atoms with Gasteiger partial charge in [-0.05, 0) is 30.9 Å². The molecule has 112 valence electrons. The first kappa shape index (κ1) is 14.5. The van der Waals surface area contributed by atoms with Crippen molar-refractivity contribution in [2.24, 2.45) is 11.3 Å². The molecule has 0 unspecified atom stereocenters. The van der Waals surface area contributed by atoms with E-state index in [1.165, 1.54) is 16.4 Å². The van der Waals surface area contributed by atoms with Crippen LogP contribution >= 0.6 is 11.3 Å². The fourth-order valence-corrected chi connectivity index (χ4v) is 6.23. The number of aliphatic carboxylic acids is 1. The highest BCUT2D eigenvalue weighted by atomic mass is 32.2. The third kappa shape index (κ3) is 2.08. The molecule has 0 bridgehead atoms. The Morgan fingerprint density at radius 3 is 2.86 bits per heavy atom. The van der Waals surface area contributed by atoms with Crippen molar-refractivity contribution >= 4 is 27.3 Å². The van der Waals surface area contributed by atoms with E-state index >= 15 is 0 Å². The first-order valence-electron chi connectivity index (χ1n) is 6.64. The molecule has 2 fully saturated rings. The highest BCUT2D eigenvalue weighted by molar-refractivity contribution is 7.91. The molecule has 1 aliphatic heterocycles. The number of carboxylic acids is 1. The van der Waals surface area contributed by atoms with Crippen molar-refractivity contribution in [2.45, 2.75) is 23.5 Å². The van der Waals surface area contributed by atoms with Gasteiger partial charge in [-0.2, -0.15) is 9.57 Å². The second kappa shape index (κ2) is 4.80. The third-order valence-corrected chi connectivity index (χ3v) is 7.82. The number of carbonyl (C=O) groups is 1. The molecule has 8 heteroatoms. The summed E-state index contributed by atoms with van der Waals surface area (Å²) in [5, 5.41) is 18.3. The molecule has 0 radical (unpaired) electrons. The van der Waals surface area contributed by atoms with Crippen LogP contribution in [0.1, 0.15) is 24.1 Å². The van der Waals surface area contributed by atoms with Crippen LogP contribution in [0.25, 0.3) is 0 Å². The second-order valence-corrected chi connectivity index (χ2v) is 8.83. The first-order chi connectivity index (χ1) is 9.90. The molecule has 2 atom stereocenters. The number of nitrogens with zero attached hydrogens (tertiary/aromatic N) is 2. The van der Waals surface area contributed by atoms with Crippen LogP contribution in [0.5, 0.6) is 0 Å². The van der Waals surface area contributed by atoms with Crippen molar-refractivity contribution in [1.29, 1.82) is 5.26 Å². The van der Waals surface area contributed by atoms with Gasteiger partial charge in [0.15, 0.2) is 0 Å². The maximum absolute atomic E-state index is 12.6. The van der Waals surface area contributed by atoms with Crippen LogP contribution in [-0.4, -0.2) is 36.9 Å². The molecule has 2 aliphatic rings. The van der Waals surface area contributed by atoms with E-state index in [0.29, 0.717) is 11.3 Å². The highest BCUT2D eigenvalue weighted by Crippen LogP contribution is 2.50. The van der Waals surface area contributed by atoms with Crippen molar-refractivity contribution in [1.82, 2.24) is 4.31 Å². The van der Waals surface area contributed by atoms with Crippen LogP contribution in [0.3, 0.4) is 0 Å². The summed E-state index contributed by atoms with van der Waals surface area (Å²) in [6.45, 7) is 0.295. The summed E-state index contributed by atoms with van der Waals surface area (Å²) in [5.74, 6) is -1.01. The van der Waals surface area contributed by atoms with Gasteiger partial charge in [0, 0.05) is 13.1 Å².